The number of methoxy groups -OCH3 is 2. The van der Waals surface area contributed by atoms with Crippen molar-refractivity contribution in [1.29, 1.82) is 0 Å². The van der Waals surface area contributed by atoms with Crippen molar-refractivity contribution in [2.24, 2.45) is 5.92 Å². The van der Waals surface area contributed by atoms with E-state index >= 15 is 0 Å². The Hall–Kier alpha value is -1.95. The summed E-state index contributed by atoms with van der Waals surface area (Å²) in [5.41, 5.74) is -0.486. The van der Waals surface area contributed by atoms with E-state index in [1.54, 1.807) is 14.2 Å². The molecule has 0 aliphatic heterocycles. The van der Waals surface area contributed by atoms with Gasteiger partial charge in [-0.2, -0.15) is 0 Å². The fourth-order valence-electron chi connectivity index (χ4n) is 4.68. The third-order valence-corrected chi connectivity index (χ3v) is 7.00. The summed E-state index contributed by atoms with van der Waals surface area (Å²) in [4.78, 5) is 35.2. The highest BCUT2D eigenvalue weighted by molar-refractivity contribution is 5.76. The van der Waals surface area contributed by atoms with Crippen molar-refractivity contribution < 1.29 is 38.1 Å². The van der Waals surface area contributed by atoms with Crippen molar-refractivity contribution in [3.8, 4) is 0 Å². The lowest BCUT2D eigenvalue weighted by Crippen LogP contribution is -2.45. The molecule has 11 nitrogen and oxygen atoms in total. The van der Waals surface area contributed by atoms with Crippen molar-refractivity contribution in [2.75, 3.05) is 53.9 Å². The van der Waals surface area contributed by atoms with Crippen LogP contribution in [-0.2, 0) is 33.3 Å². The van der Waals surface area contributed by atoms with Gasteiger partial charge in [0.2, 0.25) is 11.8 Å². The van der Waals surface area contributed by atoms with Crippen LogP contribution in [-0.4, -0.2) is 95.5 Å². The maximum absolute atomic E-state index is 11.8. The van der Waals surface area contributed by atoms with Gasteiger partial charge in [0, 0.05) is 45.2 Å². The van der Waals surface area contributed by atoms with E-state index in [2.05, 4.69) is 22.9 Å². The number of rotatable bonds is 15. The first-order valence-corrected chi connectivity index (χ1v) is 15.2. The van der Waals surface area contributed by atoms with E-state index in [9.17, 15) is 14.4 Å². The zero-order chi connectivity index (χ0) is 30.5. The molecule has 0 bridgehead atoms. The van der Waals surface area contributed by atoms with Crippen LogP contribution < -0.4 is 16.0 Å². The average molecular weight is 588 g/mol. The summed E-state index contributed by atoms with van der Waals surface area (Å²) in [6.45, 7) is 10.9. The highest BCUT2D eigenvalue weighted by atomic mass is 16.6. The van der Waals surface area contributed by atoms with Crippen molar-refractivity contribution in [3.05, 3.63) is 0 Å². The van der Waals surface area contributed by atoms with Crippen molar-refractivity contribution in [2.45, 2.75) is 116 Å². The lowest BCUT2D eigenvalue weighted by molar-refractivity contribution is -0.124. The zero-order valence-electron chi connectivity index (χ0n) is 26.4. The maximum atomic E-state index is 11.8. The summed E-state index contributed by atoms with van der Waals surface area (Å²) in [6.07, 6.45) is 8.55. The fraction of sp³-hybridized carbons (Fsp3) is 0.900. The number of ether oxygens (including phenoxy) is 5. The van der Waals surface area contributed by atoms with Crippen LogP contribution in [0.4, 0.5) is 4.79 Å². The van der Waals surface area contributed by atoms with Crippen LogP contribution in [0.25, 0.3) is 0 Å². The molecule has 240 valence electrons. The Morgan fingerprint density at radius 3 is 1.39 bits per heavy atom. The van der Waals surface area contributed by atoms with Gasteiger partial charge in [-0.1, -0.05) is 6.92 Å². The predicted molar refractivity (Wildman–Crippen MR) is 158 cm³/mol. The molecule has 2 fully saturated rings. The minimum absolute atomic E-state index is 0.0102. The van der Waals surface area contributed by atoms with Gasteiger partial charge < -0.3 is 39.6 Å². The number of hydrogen-bond donors (Lipinski definition) is 3. The van der Waals surface area contributed by atoms with Crippen molar-refractivity contribution in [3.63, 3.8) is 0 Å². The van der Waals surface area contributed by atoms with Crippen LogP contribution in [0.15, 0.2) is 0 Å². The lowest BCUT2D eigenvalue weighted by atomic mass is 9.87. The zero-order valence-corrected chi connectivity index (χ0v) is 26.4. The quantitative estimate of drug-likeness (QED) is 0.247. The standard InChI is InChI=1S/C17H32N2O5.C13H25NO3/c1-17(2,3)24-16(21)19-14-7-5-13(6-8-14)18-15(20)9-10-23-12-11-22-4;1-11-3-5-12(6-4-11)14-13(15)7-8-17-10-9-16-2/h13-14H,5-12H2,1-4H3,(H,18,20)(H,19,21);11-12H,3-10H2,1-2H3,(H,14,15). The summed E-state index contributed by atoms with van der Waals surface area (Å²) >= 11 is 0. The smallest absolute Gasteiger partial charge is 0.407 e. The Labute approximate surface area is 247 Å². The van der Waals surface area contributed by atoms with Gasteiger partial charge in [-0.3, -0.25) is 9.59 Å². The largest absolute Gasteiger partial charge is 0.444 e. The van der Waals surface area contributed by atoms with Gasteiger partial charge >= 0.3 is 6.09 Å². The highest BCUT2D eigenvalue weighted by Gasteiger charge is 2.25. The van der Waals surface area contributed by atoms with Gasteiger partial charge in [0.1, 0.15) is 5.60 Å². The van der Waals surface area contributed by atoms with Gasteiger partial charge in [0.05, 0.1) is 39.6 Å². The third kappa shape index (κ3) is 20.6. The molecule has 2 aliphatic rings. The van der Waals surface area contributed by atoms with E-state index in [-0.39, 0.29) is 30.0 Å². The summed E-state index contributed by atoms with van der Waals surface area (Å²) in [6, 6.07) is 0.677. The summed E-state index contributed by atoms with van der Waals surface area (Å²) in [5.74, 6) is 0.943. The molecule has 0 aromatic rings. The Morgan fingerprint density at radius 2 is 1.00 bits per heavy atom. The molecule has 0 atom stereocenters. The molecule has 0 aromatic carbocycles. The van der Waals surface area contributed by atoms with Crippen molar-refractivity contribution in [1.82, 2.24) is 16.0 Å². The predicted octanol–water partition coefficient (Wildman–Crippen LogP) is 3.73. The third-order valence-electron chi connectivity index (χ3n) is 7.00. The average Bonchev–Trinajstić information content (AvgIpc) is 2.90. The SMILES string of the molecule is COCCOCCC(=O)NC1CCC(C)CC1.COCCOCCC(=O)NC1CCC(NC(=O)OC(C)(C)C)CC1. The second kappa shape index (κ2) is 21.7. The van der Waals surface area contributed by atoms with E-state index in [0.29, 0.717) is 58.5 Å². The van der Waals surface area contributed by atoms with Crippen LogP contribution >= 0.6 is 0 Å². The number of alkyl carbamates (subject to hydrolysis) is 1. The monoisotopic (exact) mass is 587 g/mol. The molecule has 3 amide bonds. The number of amides is 3. The summed E-state index contributed by atoms with van der Waals surface area (Å²) < 4.78 is 25.5. The fourth-order valence-corrected chi connectivity index (χ4v) is 4.68. The molecule has 11 heteroatoms. The molecule has 2 saturated carbocycles. The second-order valence-corrected chi connectivity index (χ2v) is 12.0. The van der Waals surface area contributed by atoms with E-state index in [1.807, 2.05) is 20.8 Å². The molecule has 0 spiro atoms. The number of nitrogens with one attached hydrogen (secondary N) is 3. The molecule has 0 unspecified atom stereocenters. The first-order chi connectivity index (χ1) is 19.5. The molecule has 2 aliphatic carbocycles. The first-order valence-electron chi connectivity index (χ1n) is 15.2. The Bertz CT molecular complexity index is 715. The van der Waals surface area contributed by atoms with Crippen LogP contribution in [0, 0.1) is 5.92 Å². The molecule has 0 saturated heterocycles. The molecule has 41 heavy (non-hydrogen) atoms. The van der Waals surface area contributed by atoms with Crippen LogP contribution in [0.1, 0.15) is 91.9 Å². The Morgan fingerprint density at radius 1 is 0.610 bits per heavy atom. The first kappa shape index (κ1) is 37.1. The molecular formula is C30H57N3O8. The minimum Gasteiger partial charge on any atom is -0.444 e. The van der Waals surface area contributed by atoms with E-state index < -0.39 is 5.60 Å². The highest BCUT2D eigenvalue weighted by Crippen LogP contribution is 2.23. The van der Waals surface area contributed by atoms with E-state index in [1.165, 1.54) is 12.8 Å². The number of carbonyl (C=O) groups is 3. The van der Waals surface area contributed by atoms with Gasteiger partial charge in [-0.15, -0.1) is 0 Å². The van der Waals surface area contributed by atoms with E-state index in [4.69, 9.17) is 23.7 Å². The molecule has 0 heterocycles. The van der Waals surface area contributed by atoms with Gasteiger partial charge in [0.25, 0.3) is 0 Å². The van der Waals surface area contributed by atoms with Crippen LogP contribution in [0.5, 0.6) is 0 Å². The lowest BCUT2D eigenvalue weighted by Gasteiger charge is -2.30. The maximum Gasteiger partial charge on any atom is 0.407 e. The van der Waals surface area contributed by atoms with Gasteiger partial charge in [-0.05, 0) is 78.1 Å². The topological polar surface area (TPSA) is 133 Å². The minimum atomic E-state index is -0.486. The molecule has 2 rings (SSSR count). The van der Waals surface area contributed by atoms with Crippen LogP contribution in [0.3, 0.4) is 0 Å². The second-order valence-electron chi connectivity index (χ2n) is 12.0. The summed E-state index contributed by atoms with van der Waals surface area (Å²) in [7, 11) is 3.25. The molecule has 0 aromatic heterocycles. The normalized spacial score (nSPS) is 22.6. The Balaban J connectivity index is 0.000000435. The van der Waals surface area contributed by atoms with Gasteiger partial charge in [-0.25, -0.2) is 4.79 Å². The van der Waals surface area contributed by atoms with Gasteiger partial charge in [0.15, 0.2) is 0 Å². The Kier molecular flexibility index (Phi) is 19.6. The number of carbonyl (C=O) groups excluding carboxylic acids is 3. The number of hydrogen-bond acceptors (Lipinski definition) is 8. The van der Waals surface area contributed by atoms with E-state index in [0.717, 1.165) is 44.4 Å². The molecular weight excluding hydrogens is 530 g/mol. The summed E-state index contributed by atoms with van der Waals surface area (Å²) in [5, 5.41) is 9.01. The van der Waals surface area contributed by atoms with Crippen LogP contribution in [0.2, 0.25) is 0 Å². The molecule has 3 N–H and O–H groups in total. The molecule has 0 radical (unpaired) electrons. The van der Waals surface area contributed by atoms with Crippen molar-refractivity contribution >= 4 is 17.9 Å².